The lowest BCUT2D eigenvalue weighted by molar-refractivity contribution is 0.0718. The van der Waals surface area contributed by atoms with E-state index in [1.165, 1.54) is 23.0 Å². The third-order valence-corrected chi connectivity index (χ3v) is 5.35. The number of carbonyl (C=O) groups is 1. The molecule has 1 fully saturated rings. The van der Waals surface area contributed by atoms with Crippen molar-refractivity contribution >= 4 is 16.8 Å². The maximum absolute atomic E-state index is 14.6. The van der Waals surface area contributed by atoms with Gasteiger partial charge >= 0.3 is 0 Å². The van der Waals surface area contributed by atoms with Gasteiger partial charge in [0.25, 0.3) is 5.91 Å². The predicted octanol–water partition coefficient (Wildman–Crippen LogP) is 3.54. The molecule has 0 saturated heterocycles. The Bertz CT molecular complexity index is 1070. The van der Waals surface area contributed by atoms with Crippen LogP contribution in [0.4, 0.5) is 13.2 Å². The summed E-state index contributed by atoms with van der Waals surface area (Å²) in [5.41, 5.74) is 0.397. The lowest BCUT2D eigenvalue weighted by Crippen LogP contribution is -2.45. The fourth-order valence-corrected chi connectivity index (χ4v) is 3.92. The summed E-state index contributed by atoms with van der Waals surface area (Å²) in [4.78, 5) is 16.3. The first-order valence-electron chi connectivity index (χ1n) is 9.50. The minimum atomic E-state index is -0.726. The van der Waals surface area contributed by atoms with Crippen LogP contribution in [-0.2, 0) is 6.54 Å². The average molecular weight is 403 g/mol. The van der Waals surface area contributed by atoms with Gasteiger partial charge in [-0.1, -0.05) is 12.8 Å². The zero-order valence-electron chi connectivity index (χ0n) is 15.5. The molecule has 1 aliphatic rings. The second-order valence-corrected chi connectivity index (χ2v) is 7.34. The molecule has 2 aromatic heterocycles. The largest absolute Gasteiger partial charge is 0.391 e. The van der Waals surface area contributed by atoms with E-state index in [4.69, 9.17) is 0 Å². The Balaban J connectivity index is 1.74. The van der Waals surface area contributed by atoms with Crippen LogP contribution < -0.4 is 5.32 Å². The van der Waals surface area contributed by atoms with Crippen molar-refractivity contribution in [2.45, 2.75) is 44.4 Å². The predicted molar refractivity (Wildman–Crippen MR) is 101 cm³/mol. The van der Waals surface area contributed by atoms with Gasteiger partial charge in [-0.15, -0.1) is 0 Å². The van der Waals surface area contributed by atoms with E-state index in [1.54, 1.807) is 6.07 Å². The number of aromatic nitrogens is 2. The van der Waals surface area contributed by atoms with Crippen molar-refractivity contribution in [2.75, 3.05) is 0 Å². The van der Waals surface area contributed by atoms with Crippen LogP contribution in [-0.4, -0.2) is 32.7 Å². The molecule has 2 atom stereocenters. The zero-order valence-corrected chi connectivity index (χ0v) is 15.5. The summed E-state index contributed by atoms with van der Waals surface area (Å²) in [5.74, 6) is -2.68. The van der Waals surface area contributed by atoms with Crippen LogP contribution in [0, 0.1) is 17.6 Å². The molecule has 1 aliphatic carbocycles. The lowest BCUT2D eigenvalue weighted by Gasteiger charge is -2.28. The Kier molecular flexibility index (Phi) is 5.27. The van der Waals surface area contributed by atoms with Gasteiger partial charge in [-0.2, -0.15) is 4.39 Å². The second-order valence-electron chi connectivity index (χ2n) is 7.34. The molecule has 3 aromatic rings. The lowest BCUT2D eigenvalue weighted by atomic mass is 9.92. The topological polar surface area (TPSA) is 67.2 Å². The molecule has 2 N–H and O–H groups in total. The number of fused-ring (bicyclic) bond motifs is 1. The maximum atomic E-state index is 14.6. The SMILES string of the molecule is O=C(N[C@H]1CCCCC1O)c1cn(Cc2ccnc(F)c2)c2c(F)ccc(F)c12. The summed E-state index contributed by atoms with van der Waals surface area (Å²) in [7, 11) is 0. The van der Waals surface area contributed by atoms with E-state index < -0.39 is 35.6 Å². The van der Waals surface area contributed by atoms with Crippen LogP contribution in [0.25, 0.3) is 10.9 Å². The average Bonchev–Trinajstić information content (AvgIpc) is 3.07. The molecule has 5 nitrogen and oxygen atoms in total. The Hall–Kier alpha value is -2.87. The van der Waals surface area contributed by atoms with E-state index in [9.17, 15) is 23.1 Å². The molecular formula is C21H20F3N3O2. The molecule has 4 rings (SSSR count). The number of hydrogen-bond acceptors (Lipinski definition) is 3. The highest BCUT2D eigenvalue weighted by molar-refractivity contribution is 6.07. The molecule has 0 spiro atoms. The number of carbonyl (C=O) groups excluding carboxylic acids is 1. The number of amides is 1. The number of aliphatic hydroxyl groups is 1. The summed E-state index contributed by atoms with van der Waals surface area (Å²) < 4.78 is 43.9. The zero-order chi connectivity index (χ0) is 20.5. The first-order chi connectivity index (χ1) is 13.9. The highest BCUT2D eigenvalue weighted by atomic mass is 19.1. The van der Waals surface area contributed by atoms with Crippen molar-refractivity contribution in [2.24, 2.45) is 0 Å². The van der Waals surface area contributed by atoms with Crippen LogP contribution in [0.15, 0.2) is 36.7 Å². The van der Waals surface area contributed by atoms with Crippen molar-refractivity contribution in [1.82, 2.24) is 14.9 Å². The second kappa shape index (κ2) is 7.87. The van der Waals surface area contributed by atoms with Crippen LogP contribution in [0.5, 0.6) is 0 Å². The number of halogens is 3. The van der Waals surface area contributed by atoms with E-state index >= 15 is 0 Å². The van der Waals surface area contributed by atoms with Gasteiger partial charge in [0.15, 0.2) is 0 Å². The molecule has 2 heterocycles. The van der Waals surface area contributed by atoms with Crippen molar-refractivity contribution in [3.63, 3.8) is 0 Å². The highest BCUT2D eigenvalue weighted by Gasteiger charge is 2.27. The van der Waals surface area contributed by atoms with E-state index in [0.29, 0.717) is 18.4 Å². The molecule has 1 saturated carbocycles. The van der Waals surface area contributed by atoms with Crippen LogP contribution in [0.3, 0.4) is 0 Å². The minimum Gasteiger partial charge on any atom is -0.391 e. The molecule has 0 aliphatic heterocycles. The van der Waals surface area contributed by atoms with Gasteiger partial charge in [0.1, 0.15) is 11.6 Å². The Morgan fingerprint density at radius 2 is 1.93 bits per heavy atom. The maximum Gasteiger partial charge on any atom is 0.253 e. The van der Waals surface area contributed by atoms with Crippen LogP contribution in [0.2, 0.25) is 0 Å². The first-order valence-corrected chi connectivity index (χ1v) is 9.50. The number of nitrogens with one attached hydrogen (secondary N) is 1. The number of rotatable bonds is 4. The first kappa shape index (κ1) is 19.4. The van der Waals surface area contributed by atoms with Crippen LogP contribution in [0.1, 0.15) is 41.6 Å². The number of pyridine rings is 1. The van der Waals surface area contributed by atoms with Gasteiger partial charge in [-0.05, 0) is 42.7 Å². The molecule has 0 bridgehead atoms. The fraction of sp³-hybridized carbons (Fsp3) is 0.333. The third-order valence-electron chi connectivity index (χ3n) is 5.35. The summed E-state index contributed by atoms with van der Waals surface area (Å²) in [5, 5.41) is 12.7. The Labute approximate surface area is 165 Å². The fourth-order valence-electron chi connectivity index (χ4n) is 3.92. The molecule has 152 valence electrons. The summed E-state index contributed by atoms with van der Waals surface area (Å²) in [6.07, 6.45) is 4.95. The third kappa shape index (κ3) is 3.85. The van der Waals surface area contributed by atoms with Gasteiger partial charge in [-0.25, -0.2) is 13.8 Å². The van der Waals surface area contributed by atoms with E-state index in [-0.39, 0.29) is 23.0 Å². The van der Waals surface area contributed by atoms with Gasteiger partial charge in [0.2, 0.25) is 5.95 Å². The minimum absolute atomic E-state index is 0.0238. The monoisotopic (exact) mass is 403 g/mol. The number of hydrogen-bond donors (Lipinski definition) is 2. The molecule has 29 heavy (non-hydrogen) atoms. The normalized spacial score (nSPS) is 19.4. The molecular weight excluding hydrogens is 383 g/mol. The van der Waals surface area contributed by atoms with E-state index in [2.05, 4.69) is 10.3 Å². The Morgan fingerprint density at radius 3 is 2.69 bits per heavy atom. The summed E-state index contributed by atoms with van der Waals surface area (Å²) in [6, 6.07) is 4.29. The molecule has 1 aromatic carbocycles. The quantitative estimate of drug-likeness (QED) is 0.655. The molecule has 8 heteroatoms. The summed E-state index contributed by atoms with van der Waals surface area (Å²) >= 11 is 0. The van der Waals surface area contributed by atoms with Crippen molar-refractivity contribution < 1.29 is 23.1 Å². The van der Waals surface area contributed by atoms with Gasteiger partial charge < -0.3 is 15.0 Å². The molecule has 0 radical (unpaired) electrons. The molecule has 1 amide bonds. The molecule has 1 unspecified atom stereocenters. The van der Waals surface area contributed by atoms with Crippen LogP contribution >= 0.6 is 0 Å². The van der Waals surface area contributed by atoms with Crippen molar-refractivity contribution in [1.29, 1.82) is 0 Å². The van der Waals surface area contributed by atoms with E-state index in [0.717, 1.165) is 25.0 Å². The van der Waals surface area contributed by atoms with E-state index in [1.807, 2.05) is 0 Å². The summed E-state index contributed by atoms with van der Waals surface area (Å²) in [6.45, 7) is 0.0373. The van der Waals surface area contributed by atoms with Gasteiger partial charge in [0, 0.05) is 18.9 Å². The Morgan fingerprint density at radius 1 is 1.17 bits per heavy atom. The number of aliphatic hydroxyl groups excluding tert-OH is 1. The van der Waals surface area contributed by atoms with Gasteiger partial charge in [0.05, 0.1) is 28.6 Å². The smallest absolute Gasteiger partial charge is 0.253 e. The highest BCUT2D eigenvalue weighted by Crippen LogP contribution is 2.28. The number of benzene rings is 1. The number of nitrogens with zero attached hydrogens (tertiary/aromatic N) is 2. The van der Waals surface area contributed by atoms with Gasteiger partial charge in [-0.3, -0.25) is 4.79 Å². The standard InChI is InChI=1S/C21H20F3N3O2/c22-14-5-6-15(23)20-19(14)13(21(29)26-16-3-1-2-4-17(16)28)11-27(20)10-12-7-8-25-18(24)9-12/h5-9,11,16-17,28H,1-4,10H2,(H,26,29)/t16-,17?/m0/s1. The van der Waals surface area contributed by atoms with Crippen molar-refractivity contribution in [3.8, 4) is 0 Å². The van der Waals surface area contributed by atoms with Crippen molar-refractivity contribution in [3.05, 3.63) is 65.4 Å².